The van der Waals surface area contributed by atoms with Gasteiger partial charge >= 0.3 is 5.76 Å². The van der Waals surface area contributed by atoms with Crippen molar-refractivity contribution in [1.29, 1.82) is 0 Å². The number of carbonyl (C=O) groups is 1. The molecule has 1 amide bonds. The predicted octanol–water partition coefficient (Wildman–Crippen LogP) is 5.56. The molecule has 2 fully saturated rings. The highest BCUT2D eigenvalue weighted by atomic mass is 16.5. The average Bonchev–Trinajstić information content (AvgIpc) is 3.54. The number of aryl methyl sites for hydroxylation is 1. The lowest BCUT2D eigenvalue weighted by Crippen LogP contribution is -2.45. The van der Waals surface area contributed by atoms with Crippen LogP contribution in [0.3, 0.4) is 0 Å². The molecule has 1 saturated carbocycles. The first-order valence-corrected chi connectivity index (χ1v) is 14.6. The zero-order valence-electron chi connectivity index (χ0n) is 23.8. The molecule has 8 nitrogen and oxygen atoms in total. The summed E-state index contributed by atoms with van der Waals surface area (Å²) in [6, 6.07) is 15.2. The lowest BCUT2D eigenvalue weighted by atomic mass is 9.81. The van der Waals surface area contributed by atoms with Gasteiger partial charge in [0, 0.05) is 35.6 Å². The summed E-state index contributed by atoms with van der Waals surface area (Å²) in [5.41, 5.74) is 6.64. The van der Waals surface area contributed by atoms with Crippen molar-refractivity contribution in [3.05, 3.63) is 64.1 Å². The number of aromatic amines is 1. The summed E-state index contributed by atoms with van der Waals surface area (Å²) in [5.74, 6) is 0.411. The van der Waals surface area contributed by atoms with Crippen LogP contribution in [-0.2, 0) is 11.3 Å². The van der Waals surface area contributed by atoms with E-state index in [1.165, 1.54) is 41.3 Å². The molecular formula is C32H39N5O3. The summed E-state index contributed by atoms with van der Waals surface area (Å²) in [4.78, 5) is 32.6. The fourth-order valence-corrected chi connectivity index (χ4v) is 6.84. The van der Waals surface area contributed by atoms with Crippen LogP contribution in [0, 0.1) is 6.92 Å². The quantitative estimate of drug-likeness (QED) is 0.345. The number of nitrogens with zero attached hydrogens (tertiary/aromatic N) is 4. The summed E-state index contributed by atoms with van der Waals surface area (Å²) in [6.45, 7) is 3.99. The van der Waals surface area contributed by atoms with E-state index in [-0.39, 0.29) is 12.5 Å². The second-order valence-electron chi connectivity index (χ2n) is 11.7. The molecule has 4 aromatic rings. The molecule has 2 aliphatic rings. The molecule has 0 spiro atoms. The monoisotopic (exact) mass is 541 g/mol. The first-order chi connectivity index (χ1) is 19.4. The number of benzene rings is 2. The molecule has 40 heavy (non-hydrogen) atoms. The SMILES string of the molecule is Cc1ccccc1-c1c(C2CCCCC2)c2ccc(-c3noc(=O)[nH]3)cc2n1CC(=O)N1CCC(N(C)C)CC1. The van der Waals surface area contributed by atoms with E-state index in [9.17, 15) is 9.59 Å². The number of hydrogen-bond acceptors (Lipinski definition) is 5. The third kappa shape index (κ3) is 5.01. The maximum atomic E-state index is 13.9. The van der Waals surface area contributed by atoms with Gasteiger partial charge in [0.1, 0.15) is 6.54 Å². The lowest BCUT2D eigenvalue weighted by Gasteiger charge is -2.35. The van der Waals surface area contributed by atoms with E-state index in [2.05, 4.69) is 77.0 Å². The molecule has 8 heteroatoms. The number of carbonyl (C=O) groups excluding carboxylic acids is 1. The van der Waals surface area contributed by atoms with Gasteiger partial charge in [-0.3, -0.25) is 14.3 Å². The molecule has 0 bridgehead atoms. The number of likely N-dealkylation sites (tertiary alicyclic amines) is 1. The van der Waals surface area contributed by atoms with Crippen molar-refractivity contribution in [1.82, 2.24) is 24.5 Å². The second-order valence-corrected chi connectivity index (χ2v) is 11.7. The number of H-pyrrole nitrogens is 1. The van der Waals surface area contributed by atoms with Crippen molar-refractivity contribution in [3.63, 3.8) is 0 Å². The first kappa shape index (κ1) is 26.6. The topological polar surface area (TPSA) is 87.4 Å². The van der Waals surface area contributed by atoms with Crippen LogP contribution in [0.15, 0.2) is 51.8 Å². The first-order valence-electron chi connectivity index (χ1n) is 14.6. The molecule has 3 heterocycles. The van der Waals surface area contributed by atoms with Gasteiger partial charge in [0.05, 0.1) is 11.2 Å². The molecule has 0 unspecified atom stereocenters. The zero-order chi connectivity index (χ0) is 27.8. The Morgan fingerprint density at radius 3 is 2.48 bits per heavy atom. The Bertz CT molecular complexity index is 1560. The highest BCUT2D eigenvalue weighted by Crippen LogP contribution is 2.45. The molecule has 0 radical (unpaired) electrons. The fraction of sp³-hybridized carbons (Fsp3) is 0.469. The van der Waals surface area contributed by atoms with E-state index in [0.717, 1.165) is 55.5 Å². The highest BCUT2D eigenvalue weighted by molar-refractivity contribution is 5.96. The second kappa shape index (κ2) is 11.1. The van der Waals surface area contributed by atoms with E-state index in [1.54, 1.807) is 0 Å². The van der Waals surface area contributed by atoms with Gasteiger partial charge in [-0.1, -0.05) is 60.8 Å². The van der Waals surface area contributed by atoms with Crippen molar-refractivity contribution in [2.45, 2.75) is 70.4 Å². The number of aromatic nitrogens is 3. The minimum absolute atomic E-state index is 0.152. The van der Waals surface area contributed by atoms with Crippen molar-refractivity contribution >= 4 is 16.8 Å². The van der Waals surface area contributed by atoms with Crippen LogP contribution in [0.4, 0.5) is 0 Å². The Kier molecular flexibility index (Phi) is 7.36. The third-order valence-electron chi connectivity index (χ3n) is 9.07. The number of fused-ring (bicyclic) bond motifs is 1. The molecule has 6 rings (SSSR count). The number of piperidine rings is 1. The van der Waals surface area contributed by atoms with Gasteiger partial charge in [-0.05, 0) is 69.8 Å². The minimum Gasteiger partial charge on any atom is -0.341 e. The molecule has 2 aromatic heterocycles. The van der Waals surface area contributed by atoms with Crippen LogP contribution in [0.5, 0.6) is 0 Å². The van der Waals surface area contributed by atoms with E-state index in [1.807, 2.05) is 11.0 Å². The molecule has 1 N–H and O–H groups in total. The van der Waals surface area contributed by atoms with E-state index in [4.69, 9.17) is 4.52 Å². The third-order valence-corrected chi connectivity index (χ3v) is 9.07. The Morgan fingerprint density at radius 2 is 1.80 bits per heavy atom. The minimum atomic E-state index is -0.578. The number of rotatable bonds is 6. The van der Waals surface area contributed by atoms with Gasteiger partial charge in [0.25, 0.3) is 0 Å². The van der Waals surface area contributed by atoms with Gasteiger partial charge in [0.15, 0.2) is 5.82 Å². The van der Waals surface area contributed by atoms with Crippen LogP contribution in [0.2, 0.25) is 0 Å². The Hall–Kier alpha value is -3.65. The van der Waals surface area contributed by atoms with E-state index in [0.29, 0.717) is 17.8 Å². The molecule has 2 aromatic carbocycles. The zero-order valence-corrected chi connectivity index (χ0v) is 23.8. The van der Waals surface area contributed by atoms with Crippen LogP contribution >= 0.6 is 0 Å². The number of hydrogen-bond donors (Lipinski definition) is 1. The van der Waals surface area contributed by atoms with Crippen molar-refractivity contribution < 1.29 is 9.32 Å². The largest absolute Gasteiger partial charge is 0.439 e. The van der Waals surface area contributed by atoms with Crippen LogP contribution in [0.25, 0.3) is 33.5 Å². The van der Waals surface area contributed by atoms with E-state index < -0.39 is 5.76 Å². The predicted molar refractivity (Wildman–Crippen MR) is 157 cm³/mol. The smallest absolute Gasteiger partial charge is 0.341 e. The average molecular weight is 542 g/mol. The molecule has 1 aliphatic carbocycles. The summed E-state index contributed by atoms with van der Waals surface area (Å²) >= 11 is 0. The normalized spacial score (nSPS) is 17.2. The van der Waals surface area contributed by atoms with Crippen molar-refractivity contribution in [2.75, 3.05) is 27.2 Å². The summed E-state index contributed by atoms with van der Waals surface area (Å²) in [6.07, 6.45) is 8.02. The number of nitrogens with one attached hydrogen (secondary N) is 1. The Morgan fingerprint density at radius 1 is 1.05 bits per heavy atom. The molecule has 1 aliphatic heterocycles. The van der Waals surface area contributed by atoms with Gasteiger partial charge in [-0.15, -0.1) is 0 Å². The van der Waals surface area contributed by atoms with Crippen molar-refractivity contribution in [3.8, 4) is 22.6 Å². The molecule has 1 saturated heterocycles. The Balaban J connectivity index is 1.51. The van der Waals surface area contributed by atoms with Gasteiger partial charge in [-0.25, -0.2) is 4.79 Å². The van der Waals surface area contributed by atoms with E-state index >= 15 is 0 Å². The van der Waals surface area contributed by atoms with Gasteiger partial charge in [-0.2, -0.15) is 0 Å². The van der Waals surface area contributed by atoms with Crippen LogP contribution in [-0.4, -0.2) is 63.6 Å². The van der Waals surface area contributed by atoms with Crippen molar-refractivity contribution in [2.24, 2.45) is 0 Å². The van der Waals surface area contributed by atoms with Crippen LogP contribution < -0.4 is 5.76 Å². The molecular weight excluding hydrogens is 502 g/mol. The van der Waals surface area contributed by atoms with Crippen LogP contribution in [0.1, 0.15) is 62.0 Å². The van der Waals surface area contributed by atoms with Gasteiger partial charge < -0.3 is 14.4 Å². The molecule has 0 atom stereocenters. The maximum absolute atomic E-state index is 13.9. The summed E-state index contributed by atoms with van der Waals surface area (Å²) in [5, 5.41) is 5.12. The fourth-order valence-electron chi connectivity index (χ4n) is 6.84. The molecule has 210 valence electrons. The summed E-state index contributed by atoms with van der Waals surface area (Å²) in [7, 11) is 4.24. The standard InChI is InChI=1S/C32H39N5O3/c1-21-9-7-8-12-25(21)30-29(22-10-5-4-6-11-22)26-14-13-23(31-33-32(39)40-34-31)19-27(26)37(30)20-28(38)36-17-15-24(16-18-36)35(2)3/h7-9,12-14,19,22,24H,4-6,10-11,15-18,20H2,1-3H3,(H,33,34,39). The number of amides is 1. The maximum Gasteiger partial charge on any atom is 0.439 e. The lowest BCUT2D eigenvalue weighted by molar-refractivity contribution is -0.133. The summed E-state index contributed by atoms with van der Waals surface area (Å²) < 4.78 is 7.05. The Labute approximate surface area is 235 Å². The van der Waals surface area contributed by atoms with Gasteiger partial charge in [0.2, 0.25) is 5.91 Å². The highest BCUT2D eigenvalue weighted by Gasteiger charge is 2.30.